The lowest BCUT2D eigenvalue weighted by Gasteiger charge is -2.10. The average Bonchev–Trinajstić information content (AvgIpc) is 2.66. The summed E-state index contributed by atoms with van der Waals surface area (Å²) in [5.41, 5.74) is 1.01. The van der Waals surface area contributed by atoms with E-state index < -0.39 is 9.84 Å². The van der Waals surface area contributed by atoms with Crippen LogP contribution >= 0.6 is 23.4 Å². The number of rotatable bonds is 6. The summed E-state index contributed by atoms with van der Waals surface area (Å²) in [5.74, 6) is 0.374. The number of hydrogen-bond donors (Lipinski definition) is 2. The first-order valence-corrected chi connectivity index (χ1v) is 11.4. The van der Waals surface area contributed by atoms with E-state index in [-0.39, 0.29) is 27.3 Å². The molecule has 0 aliphatic rings. The minimum atomic E-state index is -3.40. The smallest absolute Gasteiger partial charge is 0.234 e. The van der Waals surface area contributed by atoms with E-state index in [1.165, 1.54) is 30.0 Å². The number of nitrogens with one attached hydrogen (secondary N) is 2. The maximum absolute atomic E-state index is 12.3. The van der Waals surface area contributed by atoms with Crippen molar-refractivity contribution < 1.29 is 13.2 Å². The first-order chi connectivity index (χ1) is 13.3. The molecule has 0 bridgehead atoms. The van der Waals surface area contributed by atoms with Crippen LogP contribution < -0.4 is 10.6 Å². The number of nitrogens with zero attached hydrogens (tertiary/aromatic N) is 2. The van der Waals surface area contributed by atoms with Crippen LogP contribution in [0.15, 0.2) is 52.5 Å². The number of carbonyl (C=O) groups excluding carboxylic acids is 1. The number of fused-ring (bicyclic) bond motifs is 1. The molecule has 2 N–H and O–H groups in total. The summed E-state index contributed by atoms with van der Waals surface area (Å²) in [5, 5.41) is 7.26. The molecule has 7 nitrogen and oxygen atoms in total. The number of thioether (sulfide) groups is 1. The number of sulfone groups is 1. The summed E-state index contributed by atoms with van der Waals surface area (Å²) in [6.45, 7) is 0. The molecule has 0 aliphatic carbocycles. The van der Waals surface area contributed by atoms with Crippen LogP contribution in [0.1, 0.15) is 0 Å². The highest BCUT2D eigenvalue weighted by Gasteiger charge is 2.14. The molecular formula is C18H17ClN4O3S2. The standard InChI is InChI=1S/C18H17ClN4O3S2/c1-20-17-12-5-3-4-6-14(12)22-18(23-17)27-10-16(24)21-15-9-11(28(2,25)26)7-8-13(15)19/h3-9H,10H2,1-2H3,(H,21,24)(H,20,22,23). The lowest BCUT2D eigenvalue weighted by molar-refractivity contribution is -0.113. The van der Waals surface area contributed by atoms with Gasteiger partial charge in [0.05, 0.1) is 26.9 Å². The molecule has 146 valence electrons. The molecule has 0 atom stereocenters. The van der Waals surface area contributed by atoms with E-state index in [0.717, 1.165) is 17.2 Å². The molecule has 2 aromatic carbocycles. The Kier molecular flexibility index (Phi) is 6.07. The molecule has 0 unspecified atom stereocenters. The number of aromatic nitrogens is 2. The molecule has 28 heavy (non-hydrogen) atoms. The molecule has 0 fully saturated rings. The lowest BCUT2D eigenvalue weighted by Crippen LogP contribution is -2.15. The second-order valence-electron chi connectivity index (χ2n) is 5.87. The monoisotopic (exact) mass is 436 g/mol. The maximum atomic E-state index is 12.3. The quantitative estimate of drug-likeness (QED) is 0.450. The number of hydrogen-bond acceptors (Lipinski definition) is 7. The summed E-state index contributed by atoms with van der Waals surface area (Å²) in [7, 11) is -1.63. The van der Waals surface area contributed by atoms with Crippen molar-refractivity contribution >= 4 is 61.5 Å². The minimum Gasteiger partial charge on any atom is -0.372 e. The van der Waals surface area contributed by atoms with Gasteiger partial charge in [-0.3, -0.25) is 4.79 Å². The van der Waals surface area contributed by atoms with Gasteiger partial charge in [-0.25, -0.2) is 18.4 Å². The van der Waals surface area contributed by atoms with E-state index in [1.807, 2.05) is 24.3 Å². The molecule has 1 aromatic heterocycles. The van der Waals surface area contributed by atoms with Gasteiger partial charge >= 0.3 is 0 Å². The Morgan fingerprint density at radius 2 is 1.93 bits per heavy atom. The molecule has 0 saturated carbocycles. The Balaban J connectivity index is 1.74. The van der Waals surface area contributed by atoms with E-state index in [1.54, 1.807) is 7.05 Å². The highest BCUT2D eigenvalue weighted by Crippen LogP contribution is 2.27. The van der Waals surface area contributed by atoms with Gasteiger partial charge < -0.3 is 10.6 Å². The van der Waals surface area contributed by atoms with E-state index >= 15 is 0 Å². The highest BCUT2D eigenvalue weighted by atomic mass is 35.5. The normalized spacial score (nSPS) is 11.4. The zero-order valence-electron chi connectivity index (χ0n) is 15.1. The van der Waals surface area contributed by atoms with Gasteiger partial charge in [0.1, 0.15) is 5.82 Å². The Bertz CT molecular complexity index is 1150. The molecular weight excluding hydrogens is 420 g/mol. The number of carbonyl (C=O) groups is 1. The van der Waals surface area contributed by atoms with E-state index in [9.17, 15) is 13.2 Å². The third-order valence-electron chi connectivity index (χ3n) is 3.79. The Labute approximate surface area is 171 Å². The second-order valence-corrected chi connectivity index (χ2v) is 9.24. The fourth-order valence-electron chi connectivity index (χ4n) is 2.46. The molecule has 10 heteroatoms. The van der Waals surface area contributed by atoms with E-state index in [2.05, 4.69) is 20.6 Å². The van der Waals surface area contributed by atoms with E-state index in [4.69, 9.17) is 11.6 Å². The van der Waals surface area contributed by atoms with Crippen LogP contribution in [0.25, 0.3) is 10.9 Å². The fraction of sp³-hybridized carbons (Fsp3) is 0.167. The number of halogens is 1. The molecule has 0 saturated heterocycles. The van der Waals surface area contributed by atoms with Crippen molar-refractivity contribution in [3.05, 3.63) is 47.5 Å². The van der Waals surface area contributed by atoms with Crippen molar-refractivity contribution in [2.45, 2.75) is 10.1 Å². The van der Waals surface area contributed by atoms with Crippen molar-refractivity contribution in [2.24, 2.45) is 0 Å². The van der Waals surface area contributed by atoms with Crippen molar-refractivity contribution in [3.63, 3.8) is 0 Å². The van der Waals surface area contributed by atoms with Gasteiger partial charge in [-0.1, -0.05) is 35.5 Å². The van der Waals surface area contributed by atoms with Gasteiger partial charge in [0, 0.05) is 18.7 Å². The Morgan fingerprint density at radius 3 is 2.64 bits per heavy atom. The van der Waals surface area contributed by atoms with Gasteiger partial charge in [-0.05, 0) is 30.3 Å². The van der Waals surface area contributed by atoms with Crippen molar-refractivity contribution in [1.82, 2.24) is 9.97 Å². The second kappa shape index (κ2) is 8.34. The third kappa shape index (κ3) is 4.73. The largest absolute Gasteiger partial charge is 0.372 e. The van der Waals surface area contributed by atoms with Gasteiger partial charge in [-0.15, -0.1) is 0 Å². The number of anilines is 2. The zero-order chi connectivity index (χ0) is 20.3. The fourth-order valence-corrected chi connectivity index (χ4v) is 3.92. The minimum absolute atomic E-state index is 0.0426. The molecule has 1 heterocycles. The van der Waals surface area contributed by atoms with Crippen LogP contribution in [-0.4, -0.2) is 43.3 Å². The maximum Gasteiger partial charge on any atom is 0.234 e. The van der Waals surface area contributed by atoms with Crippen LogP contribution in [-0.2, 0) is 14.6 Å². The van der Waals surface area contributed by atoms with Crippen LogP contribution in [0.3, 0.4) is 0 Å². The zero-order valence-corrected chi connectivity index (χ0v) is 17.5. The molecule has 3 rings (SSSR count). The third-order valence-corrected chi connectivity index (χ3v) is 6.08. The predicted octanol–water partition coefficient (Wildman–Crippen LogP) is 3.46. The first kappa shape index (κ1) is 20.4. The van der Waals surface area contributed by atoms with Crippen molar-refractivity contribution in [3.8, 4) is 0 Å². The molecule has 3 aromatic rings. The Morgan fingerprint density at radius 1 is 1.18 bits per heavy atom. The number of amides is 1. The summed E-state index contributed by atoms with van der Waals surface area (Å²) in [4.78, 5) is 21.3. The SMILES string of the molecule is CNc1nc(SCC(=O)Nc2cc(S(C)(=O)=O)ccc2Cl)nc2ccccc12. The lowest BCUT2D eigenvalue weighted by atomic mass is 10.2. The summed E-state index contributed by atoms with van der Waals surface area (Å²) in [6.07, 6.45) is 1.09. The van der Waals surface area contributed by atoms with Crippen LogP contribution in [0.5, 0.6) is 0 Å². The highest BCUT2D eigenvalue weighted by molar-refractivity contribution is 7.99. The predicted molar refractivity (Wildman–Crippen MR) is 113 cm³/mol. The van der Waals surface area contributed by atoms with E-state index in [0.29, 0.717) is 11.0 Å². The number of benzene rings is 2. The van der Waals surface area contributed by atoms with Crippen LogP contribution in [0.4, 0.5) is 11.5 Å². The van der Waals surface area contributed by atoms with Crippen molar-refractivity contribution in [1.29, 1.82) is 0 Å². The first-order valence-electron chi connectivity index (χ1n) is 8.14. The molecule has 0 radical (unpaired) electrons. The van der Waals surface area contributed by atoms with Gasteiger partial charge in [-0.2, -0.15) is 0 Å². The summed E-state index contributed by atoms with van der Waals surface area (Å²) < 4.78 is 23.4. The summed E-state index contributed by atoms with van der Waals surface area (Å²) >= 11 is 7.24. The van der Waals surface area contributed by atoms with Crippen molar-refractivity contribution in [2.75, 3.05) is 29.7 Å². The van der Waals surface area contributed by atoms with Gasteiger partial charge in [0.25, 0.3) is 0 Å². The number of para-hydroxylation sites is 1. The van der Waals surface area contributed by atoms with Crippen LogP contribution in [0.2, 0.25) is 5.02 Å². The topological polar surface area (TPSA) is 101 Å². The van der Waals surface area contributed by atoms with Gasteiger partial charge in [0.15, 0.2) is 15.0 Å². The average molecular weight is 437 g/mol. The molecule has 1 amide bonds. The molecule has 0 aliphatic heterocycles. The summed E-state index contributed by atoms with van der Waals surface area (Å²) in [6, 6.07) is 11.7. The van der Waals surface area contributed by atoms with Crippen LogP contribution in [0, 0.1) is 0 Å². The van der Waals surface area contributed by atoms with Gasteiger partial charge in [0.2, 0.25) is 5.91 Å². The molecule has 0 spiro atoms. The Hall–Kier alpha value is -2.36.